The maximum atomic E-state index is 13.0. The van der Waals surface area contributed by atoms with Crippen LogP contribution in [0.25, 0.3) is 11.4 Å². The highest BCUT2D eigenvalue weighted by Gasteiger charge is 2.19. The smallest absolute Gasteiger partial charge is 0.237 e. The summed E-state index contributed by atoms with van der Waals surface area (Å²) in [4.78, 5) is 14.6. The molecule has 0 fully saturated rings. The second kappa shape index (κ2) is 10.7. The fraction of sp³-hybridized carbons (Fsp3) is 0.273. The Bertz CT molecular complexity index is 1110. The van der Waals surface area contributed by atoms with Gasteiger partial charge in [-0.25, -0.2) is 0 Å². The zero-order valence-electron chi connectivity index (χ0n) is 17.2. The minimum absolute atomic E-state index is 0.110. The third kappa shape index (κ3) is 5.59. The number of thioether (sulfide) groups is 1. The van der Waals surface area contributed by atoms with Crippen molar-refractivity contribution in [3.05, 3.63) is 58.1 Å². The van der Waals surface area contributed by atoms with Crippen LogP contribution in [0, 0.1) is 18.3 Å². The second-order valence-electron chi connectivity index (χ2n) is 6.73. The summed E-state index contributed by atoms with van der Waals surface area (Å²) in [6.07, 6.45) is 0.240. The zero-order valence-corrected chi connectivity index (χ0v) is 19.5. The van der Waals surface area contributed by atoms with Crippen molar-refractivity contribution in [2.45, 2.75) is 32.0 Å². The third-order valence-electron chi connectivity index (χ3n) is 4.66. The Labute approximate surface area is 195 Å². The monoisotopic (exact) mass is 473 g/mol. The van der Waals surface area contributed by atoms with Gasteiger partial charge in [0.1, 0.15) is 0 Å². The van der Waals surface area contributed by atoms with E-state index in [1.807, 2.05) is 48.7 Å². The molecule has 9 heteroatoms. The van der Waals surface area contributed by atoms with E-state index in [-0.39, 0.29) is 18.1 Å². The Hall–Kier alpha value is -2.53. The topological polar surface area (TPSA) is 74.8 Å². The first-order valence-electron chi connectivity index (χ1n) is 9.70. The lowest BCUT2D eigenvalue weighted by atomic mass is 10.2. The van der Waals surface area contributed by atoms with Gasteiger partial charge in [0.05, 0.1) is 18.2 Å². The van der Waals surface area contributed by atoms with Gasteiger partial charge in [-0.2, -0.15) is 5.26 Å². The summed E-state index contributed by atoms with van der Waals surface area (Å²) in [5, 5.41) is 19.5. The van der Waals surface area contributed by atoms with Crippen LogP contribution in [-0.4, -0.2) is 33.0 Å². The second-order valence-corrected chi connectivity index (χ2v) is 8.52. The summed E-state index contributed by atoms with van der Waals surface area (Å²) in [5.41, 5.74) is 2.51. The van der Waals surface area contributed by atoms with Crippen LogP contribution >= 0.6 is 35.0 Å². The molecule has 0 atom stereocenters. The Balaban J connectivity index is 1.78. The van der Waals surface area contributed by atoms with E-state index in [4.69, 9.17) is 28.5 Å². The van der Waals surface area contributed by atoms with Crippen molar-refractivity contribution >= 4 is 46.6 Å². The molecule has 0 saturated heterocycles. The zero-order chi connectivity index (χ0) is 22.4. The van der Waals surface area contributed by atoms with Crippen molar-refractivity contribution in [1.82, 2.24) is 14.8 Å². The predicted molar refractivity (Wildman–Crippen MR) is 126 cm³/mol. The molecular formula is C22H21Cl2N5OS. The van der Waals surface area contributed by atoms with Gasteiger partial charge >= 0.3 is 0 Å². The summed E-state index contributed by atoms with van der Waals surface area (Å²) >= 11 is 13.4. The number of carbonyl (C=O) groups excluding carboxylic acids is 1. The van der Waals surface area contributed by atoms with Gasteiger partial charge in [0.2, 0.25) is 5.91 Å². The van der Waals surface area contributed by atoms with E-state index in [0.29, 0.717) is 28.3 Å². The number of halogens is 2. The SMILES string of the molecule is CCn1c(SCC(=O)N(CCC#N)c2ccc(Cl)c(C)c2)nnc1-c1ccc(Cl)cc1. The van der Waals surface area contributed by atoms with Gasteiger partial charge in [0.15, 0.2) is 11.0 Å². The first-order valence-corrected chi connectivity index (χ1v) is 11.4. The molecule has 0 aliphatic heterocycles. The number of amides is 1. The van der Waals surface area contributed by atoms with E-state index < -0.39 is 0 Å². The molecule has 160 valence electrons. The minimum Gasteiger partial charge on any atom is -0.311 e. The lowest BCUT2D eigenvalue weighted by molar-refractivity contribution is -0.116. The molecule has 0 unspecified atom stereocenters. The maximum Gasteiger partial charge on any atom is 0.237 e. The molecule has 1 heterocycles. The highest BCUT2D eigenvalue weighted by Crippen LogP contribution is 2.27. The van der Waals surface area contributed by atoms with Crippen LogP contribution in [0.2, 0.25) is 10.0 Å². The van der Waals surface area contributed by atoms with Gasteiger partial charge < -0.3 is 9.47 Å². The van der Waals surface area contributed by atoms with E-state index in [1.165, 1.54) is 11.8 Å². The van der Waals surface area contributed by atoms with Gasteiger partial charge in [-0.3, -0.25) is 4.79 Å². The van der Waals surface area contributed by atoms with E-state index in [1.54, 1.807) is 17.0 Å². The Morgan fingerprint density at radius 3 is 2.58 bits per heavy atom. The quantitative estimate of drug-likeness (QED) is 0.396. The molecule has 1 aromatic heterocycles. The van der Waals surface area contributed by atoms with Crippen molar-refractivity contribution in [3.8, 4) is 17.5 Å². The largest absolute Gasteiger partial charge is 0.311 e. The van der Waals surface area contributed by atoms with Gasteiger partial charge in [0, 0.05) is 34.4 Å². The molecule has 0 N–H and O–H groups in total. The molecule has 31 heavy (non-hydrogen) atoms. The van der Waals surface area contributed by atoms with E-state index in [9.17, 15) is 4.79 Å². The number of benzene rings is 2. The van der Waals surface area contributed by atoms with Crippen LogP contribution in [0.4, 0.5) is 5.69 Å². The molecule has 3 aromatic rings. The van der Waals surface area contributed by atoms with E-state index >= 15 is 0 Å². The van der Waals surface area contributed by atoms with Crippen molar-refractivity contribution in [1.29, 1.82) is 5.26 Å². The van der Waals surface area contributed by atoms with Crippen LogP contribution in [-0.2, 0) is 11.3 Å². The average Bonchev–Trinajstić information content (AvgIpc) is 3.18. The van der Waals surface area contributed by atoms with Gasteiger partial charge in [-0.1, -0.05) is 35.0 Å². The molecular weight excluding hydrogens is 453 g/mol. The average molecular weight is 474 g/mol. The predicted octanol–water partition coefficient (Wildman–Crippen LogP) is 5.62. The summed E-state index contributed by atoms with van der Waals surface area (Å²) in [7, 11) is 0. The maximum absolute atomic E-state index is 13.0. The van der Waals surface area contributed by atoms with Crippen molar-refractivity contribution in [2.24, 2.45) is 0 Å². The summed E-state index contributed by atoms with van der Waals surface area (Å²) in [6.45, 7) is 4.86. The van der Waals surface area contributed by atoms with Gasteiger partial charge in [-0.15, -0.1) is 10.2 Å². The molecule has 0 bridgehead atoms. The van der Waals surface area contributed by atoms with Crippen molar-refractivity contribution in [3.63, 3.8) is 0 Å². The lowest BCUT2D eigenvalue weighted by Gasteiger charge is -2.22. The number of aryl methyl sites for hydroxylation is 1. The Kier molecular flexibility index (Phi) is 7.97. The Morgan fingerprint density at radius 1 is 1.19 bits per heavy atom. The van der Waals surface area contributed by atoms with Crippen LogP contribution in [0.15, 0.2) is 47.6 Å². The fourth-order valence-corrected chi connectivity index (χ4v) is 4.18. The fourth-order valence-electron chi connectivity index (χ4n) is 3.05. The molecule has 2 aromatic carbocycles. The number of aromatic nitrogens is 3. The van der Waals surface area contributed by atoms with E-state index in [0.717, 1.165) is 22.6 Å². The number of hydrogen-bond acceptors (Lipinski definition) is 5. The number of anilines is 1. The molecule has 0 aliphatic rings. The standard InChI is InChI=1S/C22H21Cl2N5OS/c1-3-28-21(16-5-7-17(23)8-6-16)26-27-22(28)31-14-20(30)29(12-4-11-25)18-9-10-19(24)15(2)13-18/h5-10,13H,3-4,12,14H2,1-2H3. The third-order valence-corrected chi connectivity index (χ3v) is 6.29. The first-order chi connectivity index (χ1) is 14.9. The number of rotatable bonds is 8. The lowest BCUT2D eigenvalue weighted by Crippen LogP contribution is -2.33. The first kappa shape index (κ1) is 23.1. The number of hydrogen-bond donors (Lipinski definition) is 0. The molecule has 3 rings (SSSR count). The number of nitrogens with zero attached hydrogens (tertiary/aromatic N) is 5. The molecule has 0 aliphatic carbocycles. The highest BCUT2D eigenvalue weighted by molar-refractivity contribution is 7.99. The molecule has 0 spiro atoms. The normalized spacial score (nSPS) is 10.7. The molecule has 0 radical (unpaired) electrons. The molecule has 0 saturated carbocycles. The van der Waals surface area contributed by atoms with Crippen LogP contribution in [0.5, 0.6) is 0 Å². The summed E-state index contributed by atoms with van der Waals surface area (Å²) in [5.74, 6) is 0.788. The minimum atomic E-state index is -0.110. The Morgan fingerprint density at radius 2 is 1.94 bits per heavy atom. The molecule has 6 nitrogen and oxygen atoms in total. The van der Waals surface area contributed by atoms with Crippen LogP contribution in [0.1, 0.15) is 18.9 Å². The van der Waals surface area contributed by atoms with Crippen molar-refractivity contribution < 1.29 is 4.79 Å². The van der Waals surface area contributed by atoms with Gasteiger partial charge in [0.25, 0.3) is 0 Å². The van der Waals surface area contributed by atoms with Gasteiger partial charge in [-0.05, 0) is 61.9 Å². The molecule has 1 amide bonds. The number of carbonyl (C=O) groups is 1. The number of nitriles is 1. The van der Waals surface area contributed by atoms with E-state index in [2.05, 4.69) is 16.3 Å². The van der Waals surface area contributed by atoms with Crippen molar-refractivity contribution in [2.75, 3.05) is 17.2 Å². The highest BCUT2D eigenvalue weighted by atomic mass is 35.5. The van der Waals surface area contributed by atoms with Crippen LogP contribution < -0.4 is 4.90 Å². The van der Waals surface area contributed by atoms with Crippen LogP contribution in [0.3, 0.4) is 0 Å². The summed E-state index contributed by atoms with van der Waals surface area (Å²) < 4.78 is 1.97. The summed E-state index contributed by atoms with van der Waals surface area (Å²) in [6, 6.07) is 14.9.